The average Bonchev–Trinajstić information content (AvgIpc) is 2.62. The lowest BCUT2D eigenvalue weighted by molar-refractivity contribution is -0.0143. The molecule has 0 aromatic heterocycles. The van der Waals surface area contributed by atoms with Crippen LogP contribution in [0.5, 0.6) is 0 Å². The van der Waals surface area contributed by atoms with E-state index < -0.39 is 0 Å². The molecule has 12 heavy (non-hydrogen) atoms. The molecule has 2 atom stereocenters. The zero-order valence-corrected chi connectivity index (χ0v) is 7.64. The van der Waals surface area contributed by atoms with Crippen molar-refractivity contribution in [1.29, 1.82) is 0 Å². The molecule has 0 aliphatic carbocycles. The van der Waals surface area contributed by atoms with E-state index in [4.69, 9.17) is 9.47 Å². The Bertz CT molecular complexity index is 149. The molecule has 70 valence electrons. The highest BCUT2D eigenvalue weighted by Gasteiger charge is 2.33. The van der Waals surface area contributed by atoms with Crippen molar-refractivity contribution in [3.8, 4) is 0 Å². The fraction of sp³-hybridized carbons (Fsp3) is 1.00. The Morgan fingerprint density at radius 3 is 3.00 bits per heavy atom. The smallest absolute Gasteiger partial charge is 0.116 e. The zero-order chi connectivity index (χ0) is 8.44. The third kappa shape index (κ3) is 1.79. The minimum Gasteiger partial charge on any atom is -0.381 e. The topological polar surface area (TPSA) is 30.5 Å². The van der Waals surface area contributed by atoms with E-state index in [1.54, 1.807) is 0 Å². The van der Waals surface area contributed by atoms with Gasteiger partial charge in [-0.3, -0.25) is 5.32 Å². The average molecular weight is 171 g/mol. The van der Waals surface area contributed by atoms with Crippen molar-refractivity contribution in [3.05, 3.63) is 0 Å². The van der Waals surface area contributed by atoms with Gasteiger partial charge in [0.15, 0.2) is 0 Å². The highest BCUT2D eigenvalue weighted by Crippen LogP contribution is 2.26. The molecule has 2 aliphatic heterocycles. The molecule has 1 N–H and O–H groups in total. The second-order valence-corrected chi connectivity index (χ2v) is 3.94. The summed E-state index contributed by atoms with van der Waals surface area (Å²) in [7, 11) is 0. The molecule has 0 bridgehead atoms. The van der Waals surface area contributed by atoms with Gasteiger partial charge in [-0.25, -0.2) is 0 Å². The molecule has 3 nitrogen and oxygen atoms in total. The van der Waals surface area contributed by atoms with Crippen LogP contribution in [0.4, 0.5) is 0 Å². The highest BCUT2D eigenvalue weighted by atomic mass is 16.5. The molecule has 2 fully saturated rings. The molecule has 0 aromatic carbocycles. The third-order valence-electron chi connectivity index (χ3n) is 2.72. The minimum atomic E-state index is -0.0711. The van der Waals surface area contributed by atoms with Crippen LogP contribution in [0.25, 0.3) is 0 Å². The Morgan fingerprint density at radius 2 is 2.42 bits per heavy atom. The van der Waals surface area contributed by atoms with Gasteiger partial charge in [0.2, 0.25) is 0 Å². The molecule has 2 saturated heterocycles. The van der Waals surface area contributed by atoms with E-state index in [1.807, 2.05) is 0 Å². The second kappa shape index (κ2) is 3.32. The van der Waals surface area contributed by atoms with Gasteiger partial charge in [-0.1, -0.05) is 0 Å². The predicted molar refractivity (Wildman–Crippen MR) is 45.9 cm³/mol. The molecule has 0 aromatic rings. The summed E-state index contributed by atoms with van der Waals surface area (Å²) >= 11 is 0. The minimum absolute atomic E-state index is 0.0711. The van der Waals surface area contributed by atoms with E-state index in [1.165, 1.54) is 6.42 Å². The maximum Gasteiger partial charge on any atom is 0.116 e. The van der Waals surface area contributed by atoms with Crippen molar-refractivity contribution in [2.24, 2.45) is 5.92 Å². The standard InChI is InChI=1S/C9H17NO2/c1-9(10-3-5-12-9)6-8-2-4-11-7-8/h8,10H,2-7H2,1H3. The zero-order valence-electron chi connectivity index (χ0n) is 7.64. The lowest BCUT2D eigenvalue weighted by Crippen LogP contribution is -2.39. The van der Waals surface area contributed by atoms with Gasteiger partial charge in [0.05, 0.1) is 6.61 Å². The molecule has 2 rings (SSSR count). The van der Waals surface area contributed by atoms with Crippen molar-refractivity contribution in [2.45, 2.75) is 25.5 Å². The van der Waals surface area contributed by atoms with Gasteiger partial charge in [-0.2, -0.15) is 0 Å². The Labute approximate surface area is 73.4 Å². The number of nitrogens with one attached hydrogen (secondary N) is 1. The van der Waals surface area contributed by atoms with Crippen molar-refractivity contribution >= 4 is 0 Å². The summed E-state index contributed by atoms with van der Waals surface area (Å²) in [5, 5.41) is 3.38. The van der Waals surface area contributed by atoms with E-state index in [0.717, 1.165) is 32.8 Å². The Kier molecular flexibility index (Phi) is 2.35. The van der Waals surface area contributed by atoms with Crippen molar-refractivity contribution in [2.75, 3.05) is 26.4 Å². The van der Waals surface area contributed by atoms with E-state index in [-0.39, 0.29) is 5.72 Å². The first-order valence-electron chi connectivity index (χ1n) is 4.75. The number of hydrogen-bond donors (Lipinski definition) is 1. The molecule has 0 radical (unpaired) electrons. The summed E-state index contributed by atoms with van der Waals surface area (Å²) in [6, 6.07) is 0. The van der Waals surface area contributed by atoms with Gasteiger partial charge < -0.3 is 9.47 Å². The first kappa shape index (κ1) is 8.48. The normalized spacial score (nSPS) is 42.2. The number of rotatable bonds is 2. The van der Waals surface area contributed by atoms with Gasteiger partial charge in [-0.05, 0) is 25.7 Å². The van der Waals surface area contributed by atoms with E-state index in [0.29, 0.717) is 5.92 Å². The number of ether oxygens (including phenoxy) is 2. The summed E-state index contributed by atoms with van der Waals surface area (Å²) in [6.45, 7) is 5.83. The molecule has 0 spiro atoms. The van der Waals surface area contributed by atoms with Crippen LogP contribution in [0.2, 0.25) is 0 Å². The first-order valence-corrected chi connectivity index (χ1v) is 4.75. The summed E-state index contributed by atoms with van der Waals surface area (Å²) in [5.41, 5.74) is -0.0711. The summed E-state index contributed by atoms with van der Waals surface area (Å²) in [6.07, 6.45) is 2.29. The fourth-order valence-corrected chi connectivity index (χ4v) is 2.07. The van der Waals surface area contributed by atoms with Crippen LogP contribution >= 0.6 is 0 Å². The van der Waals surface area contributed by atoms with Crippen molar-refractivity contribution in [3.63, 3.8) is 0 Å². The molecular weight excluding hydrogens is 154 g/mol. The Hall–Kier alpha value is -0.120. The van der Waals surface area contributed by atoms with Crippen LogP contribution in [-0.4, -0.2) is 32.1 Å². The largest absolute Gasteiger partial charge is 0.381 e. The van der Waals surface area contributed by atoms with Crippen LogP contribution in [0, 0.1) is 5.92 Å². The van der Waals surface area contributed by atoms with Crippen LogP contribution < -0.4 is 5.32 Å². The van der Waals surface area contributed by atoms with Gasteiger partial charge in [0.1, 0.15) is 5.72 Å². The van der Waals surface area contributed by atoms with Gasteiger partial charge >= 0.3 is 0 Å². The van der Waals surface area contributed by atoms with Crippen LogP contribution in [0.15, 0.2) is 0 Å². The van der Waals surface area contributed by atoms with Gasteiger partial charge in [0.25, 0.3) is 0 Å². The van der Waals surface area contributed by atoms with Gasteiger partial charge in [0, 0.05) is 19.8 Å². The molecular formula is C9H17NO2. The molecule has 0 amide bonds. The quantitative estimate of drug-likeness (QED) is 0.665. The lowest BCUT2D eigenvalue weighted by atomic mass is 9.98. The summed E-state index contributed by atoms with van der Waals surface area (Å²) in [4.78, 5) is 0. The maximum absolute atomic E-state index is 5.64. The van der Waals surface area contributed by atoms with Crippen molar-refractivity contribution in [1.82, 2.24) is 5.32 Å². The molecule has 2 aliphatic rings. The van der Waals surface area contributed by atoms with Crippen LogP contribution in [-0.2, 0) is 9.47 Å². The predicted octanol–water partition coefficient (Wildman–Crippen LogP) is 0.749. The van der Waals surface area contributed by atoms with E-state index in [9.17, 15) is 0 Å². The van der Waals surface area contributed by atoms with Gasteiger partial charge in [-0.15, -0.1) is 0 Å². The Balaban J connectivity index is 1.83. The Morgan fingerprint density at radius 1 is 1.50 bits per heavy atom. The summed E-state index contributed by atoms with van der Waals surface area (Å²) < 4.78 is 11.0. The second-order valence-electron chi connectivity index (χ2n) is 3.94. The number of hydrogen-bond acceptors (Lipinski definition) is 3. The van der Waals surface area contributed by atoms with E-state index >= 15 is 0 Å². The molecule has 3 heteroatoms. The SMILES string of the molecule is CC1(CC2CCOC2)NCCO1. The lowest BCUT2D eigenvalue weighted by Gasteiger charge is -2.26. The fourth-order valence-electron chi connectivity index (χ4n) is 2.07. The maximum atomic E-state index is 5.64. The highest BCUT2D eigenvalue weighted by molar-refractivity contribution is 4.82. The van der Waals surface area contributed by atoms with Crippen LogP contribution in [0.3, 0.4) is 0 Å². The summed E-state index contributed by atoms with van der Waals surface area (Å²) in [5.74, 6) is 0.695. The molecule has 2 unspecified atom stereocenters. The monoisotopic (exact) mass is 171 g/mol. The first-order chi connectivity index (χ1) is 5.79. The van der Waals surface area contributed by atoms with E-state index in [2.05, 4.69) is 12.2 Å². The van der Waals surface area contributed by atoms with Crippen LogP contribution in [0.1, 0.15) is 19.8 Å². The third-order valence-corrected chi connectivity index (χ3v) is 2.72. The van der Waals surface area contributed by atoms with Crippen molar-refractivity contribution < 1.29 is 9.47 Å². The molecule has 2 heterocycles. The molecule has 0 saturated carbocycles.